The molecule has 8 nitrogen and oxygen atoms in total. The highest BCUT2D eigenvalue weighted by molar-refractivity contribution is 7.47. The van der Waals surface area contributed by atoms with E-state index in [0.29, 0.717) is 17.4 Å². The zero-order valence-electron chi connectivity index (χ0n) is 47.2. The molecular weight excluding hydrogens is 900 g/mol. The first-order chi connectivity index (χ1) is 34.5. The number of carbonyl (C=O) groups excluding carboxylic acids is 1. The highest BCUT2D eigenvalue weighted by Crippen LogP contribution is 2.43. The summed E-state index contributed by atoms with van der Waals surface area (Å²) < 4.78 is 23.7. The van der Waals surface area contributed by atoms with Crippen LogP contribution in [0.3, 0.4) is 0 Å². The fraction of sp³-hybridized carbons (Fsp3) is 0.790. The summed E-state index contributed by atoms with van der Waals surface area (Å²) in [6.45, 7) is 4.68. The maximum atomic E-state index is 12.9. The Morgan fingerprint density at radius 2 is 0.859 bits per heavy atom. The van der Waals surface area contributed by atoms with Crippen LogP contribution in [0.2, 0.25) is 0 Å². The number of aliphatic hydroxyl groups is 1. The molecule has 0 saturated heterocycles. The minimum Gasteiger partial charge on any atom is -0.387 e. The van der Waals surface area contributed by atoms with Crippen molar-refractivity contribution in [1.29, 1.82) is 0 Å². The lowest BCUT2D eigenvalue weighted by Crippen LogP contribution is -2.45. The van der Waals surface area contributed by atoms with Gasteiger partial charge in [-0.25, -0.2) is 4.57 Å². The lowest BCUT2D eigenvalue weighted by atomic mass is 10.0. The summed E-state index contributed by atoms with van der Waals surface area (Å²) in [5, 5.41) is 13.9. The van der Waals surface area contributed by atoms with Crippen LogP contribution in [0.15, 0.2) is 72.9 Å². The highest BCUT2D eigenvalue weighted by Gasteiger charge is 2.27. The second-order valence-corrected chi connectivity index (χ2v) is 22.8. The molecule has 3 unspecified atom stereocenters. The van der Waals surface area contributed by atoms with E-state index >= 15 is 0 Å². The number of carbonyl (C=O) groups is 1. The number of aliphatic hydroxyl groups excluding tert-OH is 1. The molecule has 3 atom stereocenters. The molecule has 0 aromatic heterocycles. The van der Waals surface area contributed by atoms with E-state index in [1.165, 1.54) is 167 Å². The van der Waals surface area contributed by atoms with E-state index in [2.05, 4.69) is 79.9 Å². The van der Waals surface area contributed by atoms with E-state index in [-0.39, 0.29) is 19.1 Å². The Balaban J connectivity index is 4.20. The predicted octanol–water partition coefficient (Wildman–Crippen LogP) is 18.3. The van der Waals surface area contributed by atoms with Gasteiger partial charge in [-0.1, -0.05) is 254 Å². The molecule has 0 aliphatic carbocycles. The highest BCUT2D eigenvalue weighted by atomic mass is 31.2. The summed E-state index contributed by atoms with van der Waals surface area (Å²) in [6, 6.07) is -0.880. The van der Waals surface area contributed by atoms with Gasteiger partial charge in [0.05, 0.1) is 39.9 Å². The van der Waals surface area contributed by atoms with Crippen LogP contribution >= 0.6 is 7.82 Å². The zero-order chi connectivity index (χ0) is 52.0. The molecular formula is C62H116N2O6P+. The quantitative estimate of drug-likeness (QED) is 0.0243. The number of amides is 1. The van der Waals surface area contributed by atoms with Gasteiger partial charge in [0, 0.05) is 6.42 Å². The summed E-state index contributed by atoms with van der Waals surface area (Å²) in [5.74, 6) is -0.202. The van der Waals surface area contributed by atoms with Crippen LogP contribution in [-0.2, 0) is 18.4 Å². The van der Waals surface area contributed by atoms with Crippen LogP contribution in [-0.4, -0.2) is 73.4 Å². The van der Waals surface area contributed by atoms with Gasteiger partial charge in [-0.2, -0.15) is 0 Å². The van der Waals surface area contributed by atoms with Crippen molar-refractivity contribution in [2.45, 2.75) is 276 Å². The summed E-state index contributed by atoms with van der Waals surface area (Å²) in [4.78, 5) is 23.3. The van der Waals surface area contributed by atoms with E-state index in [4.69, 9.17) is 9.05 Å². The Morgan fingerprint density at radius 3 is 1.30 bits per heavy atom. The van der Waals surface area contributed by atoms with Crippen molar-refractivity contribution in [2.24, 2.45) is 0 Å². The number of unbranched alkanes of at least 4 members (excludes halogenated alkanes) is 31. The molecule has 0 fully saturated rings. The van der Waals surface area contributed by atoms with Crippen molar-refractivity contribution >= 4 is 13.7 Å². The van der Waals surface area contributed by atoms with Gasteiger partial charge in [-0.05, 0) is 77.0 Å². The van der Waals surface area contributed by atoms with Crippen LogP contribution in [0.4, 0.5) is 0 Å². The Labute approximate surface area is 440 Å². The molecule has 71 heavy (non-hydrogen) atoms. The SMILES string of the molecule is CC/C=C\C/C=C\C/C=C\CCCCCCCCCC(=O)NC(COP(=O)(O)OCC[N+](C)(C)C)C(O)/C=C/CC/C=C/CC/C=C/CCCCCCCCCCCCCCCCCCCCCCCC. The molecule has 0 heterocycles. The maximum Gasteiger partial charge on any atom is 0.472 e. The van der Waals surface area contributed by atoms with E-state index in [1.54, 1.807) is 6.08 Å². The maximum absolute atomic E-state index is 12.9. The third kappa shape index (κ3) is 55.5. The van der Waals surface area contributed by atoms with Crippen LogP contribution in [0.5, 0.6) is 0 Å². The first-order valence-corrected chi connectivity index (χ1v) is 31.3. The molecule has 9 heteroatoms. The van der Waals surface area contributed by atoms with Crippen molar-refractivity contribution in [1.82, 2.24) is 5.32 Å². The second kappa shape index (κ2) is 52.8. The largest absolute Gasteiger partial charge is 0.472 e. The van der Waals surface area contributed by atoms with Crippen molar-refractivity contribution in [3.05, 3.63) is 72.9 Å². The molecule has 0 spiro atoms. The van der Waals surface area contributed by atoms with Crippen molar-refractivity contribution in [3.63, 3.8) is 0 Å². The number of hydrogen-bond donors (Lipinski definition) is 3. The van der Waals surface area contributed by atoms with Crippen molar-refractivity contribution in [3.8, 4) is 0 Å². The number of hydrogen-bond acceptors (Lipinski definition) is 5. The third-order valence-electron chi connectivity index (χ3n) is 13.1. The smallest absolute Gasteiger partial charge is 0.387 e. The summed E-state index contributed by atoms with van der Waals surface area (Å²) in [5.41, 5.74) is 0. The minimum atomic E-state index is -4.37. The van der Waals surface area contributed by atoms with E-state index < -0.39 is 20.0 Å². The van der Waals surface area contributed by atoms with Gasteiger partial charge in [-0.15, -0.1) is 0 Å². The molecule has 0 aromatic rings. The van der Waals surface area contributed by atoms with Crippen LogP contribution in [0, 0.1) is 0 Å². The first kappa shape index (κ1) is 68.9. The minimum absolute atomic E-state index is 0.0484. The standard InChI is InChI=1S/C62H115N2O6P/c1-6-8-10-12-14-16-18-20-22-24-25-26-27-28-29-30-31-32-33-34-35-36-37-38-40-41-43-45-47-49-51-53-55-61(65)60(59-70-71(67,68)69-58-57-64(3,4)5)63-62(66)56-54-52-50-48-46-44-42-39-23-21-19-17-15-13-11-9-7-2/h9,11,15,17,21,23,38,40,45,47,53,55,60-61,65H,6-8,10,12-14,16,18-20,22,24-37,39,41-44,46,48-52,54,56-59H2,1-5H3,(H-,63,66,67,68)/p+1/b11-9-,17-15-,23-21-,40-38+,47-45+,55-53+. The van der Waals surface area contributed by atoms with Gasteiger partial charge in [0.15, 0.2) is 0 Å². The Kier molecular flexibility index (Phi) is 51.3. The predicted molar refractivity (Wildman–Crippen MR) is 309 cm³/mol. The number of phosphoric acid groups is 1. The molecule has 0 rings (SSSR count). The average molecular weight is 1020 g/mol. The van der Waals surface area contributed by atoms with E-state index in [0.717, 1.165) is 77.0 Å². The fourth-order valence-electron chi connectivity index (χ4n) is 8.50. The number of phosphoric ester groups is 1. The molecule has 1 amide bonds. The number of rotatable bonds is 54. The number of nitrogens with one attached hydrogen (secondary N) is 1. The number of quaternary nitrogens is 1. The van der Waals surface area contributed by atoms with Crippen LogP contribution in [0.25, 0.3) is 0 Å². The lowest BCUT2D eigenvalue weighted by molar-refractivity contribution is -0.870. The second-order valence-electron chi connectivity index (χ2n) is 21.3. The molecule has 0 radical (unpaired) electrons. The molecule has 414 valence electrons. The number of likely N-dealkylation sites (N-methyl/N-ethyl adjacent to an activating group) is 1. The summed E-state index contributed by atoms with van der Waals surface area (Å²) >= 11 is 0. The Bertz CT molecular complexity index is 1380. The van der Waals surface area contributed by atoms with Gasteiger partial charge in [-0.3, -0.25) is 13.8 Å². The van der Waals surface area contributed by atoms with E-state index in [1.807, 2.05) is 27.2 Å². The Morgan fingerprint density at radius 1 is 0.493 bits per heavy atom. The van der Waals surface area contributed by atoms with Crippen molar-refractivity contribution < 1.29 is 32.9 Å². The fourth-order valence-corrected chi connectivity index (χ4v) is 9.24. The van der Waals surface area contributed by atoms with Gasteiger partial charge < -0.3 is 19.8 Å². The van der Waals surface area contributed by atoms with Gasteiger partial charge in [0.1, 0.15) is 13.2 Å². The average Bonchev–Trinajstić information content (AvgIpc) is 3.33. The number of allylic oxidation sites excluding steroid dienone is 11. The Hall–Kier alpha value is -2.06. The van der Waals surface area contributed by atoms with Crippen molar-refractivity contribution in [2.75, 3.05) is 40.9 Å². The molecule has 0 aliphatic rings. The van der Waals surface area contributed by atoms with E-state index in [9.17, 15) is 19.4 Å². The monoisotopic (exact) mass is 1020 g/mol. The summed E-state index contributed by atoms with van der Waals surface area (Å²) in [6.07, 6.45) is 73.2. The molecule has 3 N–H and O–H groups in total. The topological polar surface area (TPSA) is 105 Å². The molecule has 0 aliphatic heterocycles. The van der Waals surface area contributed by atoms with Crippen LogP contribution < -0.4 is 5.32 Å². The van der Waals surface area contributed by atoms with Gasteiger partial charge in [0.2, 0.25) is 5.91 Å². The van der Waals surface area contributed by atoms with Crippen LogP contribution in [0.1, 0.15) is 264 Å². The first-order valence-electron chi connectivity index (χ1n) is 29.8. The van der Waals surface area contributed by atoms with Gasteiger partial charge in [0.25, 0.3) is 0 Å². The normalized spacial score (nSPS) is 14.4. The number of nitrogens with zero attached hydrogens (tertiary/aromatic N) is 1. The lowest BCUT2D eigenvalue weighted by Gasteiger charge is -2.25. The third-order valence-corrected chi connectivity index (χ3v) is 14.1. The molecule has 0 bridgehead atoms. The molecule has 0 aromatic carbocycles. The van der Waals surface area contributed by atoms with Gasteiger partial charge >= 0.3 is 7.82 Å². The summed E-state index contributed by atoms with van der Waals surface area (Å²) in [7, 11) is 1.53. The zero-order valence-corrected chi connectivity index (χ0v) is 48.1. The molecule has 0 saturated carbocycles.